The minimum Gasteiger partial charge on any atom is -0.508 e. The maximum atomic E-state index is 10.0. The molecule has 7 nitrogen and oxygen atoms in total. The predicted molar refractivity (Wildman–Crippen MR) is 75.9 cm³/mol. The average Bonchev–Trinajstić information content (AvgIpc) is 2.44. The standard InChI is InChI=1S/C15H16O7/c16-8-4-11(18)9(12(19)5-8)6-14(21)15(22)7-1-2-10(17)13(20)3-7/h1-5,14-22H,6H2/t14-,15-/m0/s1. The molecule has 0 aliphatic carbocycles. The van der Waals surface area contributed by atoms with Crippen molar-refractivity contribution in [1.82, 2.24) is 0 Å². The molecule has 0 radical (unpaired) electrons. The number of phenols is 5. The largest absolute Gasteiger partial charge is 0.508 e. The molecule has 0 aliphatic rings. The van der Waals surface area contributed by atoms with Crippen LogP contribution in [0.4, 0.5) is 0 Å². The summed E-state index contributed by atoms with van der Waals surface area (Å²) in [6, 6.07) is 5.58. The zero-order valence-corrected chi connectivity index (χ0v) is 11.4. The molecule has 0 bridgehead atoms. The normalized spacial score (nSPS) is 13.7. The Hall–Kier alpha value is -2.64. The Labute approximate surface area is 125 Å². The number of hydrogen-bond acceptors (Lipinski definition) is 7. The molecule has 0 unspecified atom stereocenters. The third-order valence-corrected chi connectivity index (χ3v) is 3.31. The summed E-state index contributed by atoms with van der Waals surface area (Å²) in [7, 11) is 0. The Morgan fingerprint density at radius 3 is 1.86 bits per heavy atom. The molecule has 0 saturated heterocycles. The number of benzene rings is 2. The SMILES string of the molecule is Oc1cc(O)c(C[C@H](O)[C@@H](O)c2ccc(O)c(O)c2)c(O)c1. The van der Waals surface area contributed by atoms with Gasteiger partial charge in [0.2, 0.25) is 0 Å². The summed E-state index contributed by atoms with van der Waals surface area (Å²) in [4.78, 5) is 0. The molecule has 0 heterocycles. The van der Waals surface area contributed by atoms with Crippen molar-refractivity contribution in [2.75, 3.05) is 0 Å². The van der Waals surface area contributed by atoms with Crippen LogP contribution in [-0.4, -0.2) is 41.8 Å². The number of phenolic OH excluding ortho intramolecular Hbond substituents is 5. The molecular formula is C15H16O7. The lowest BCUT2D eigenvalue weighted by Gasteiger charge is -2.19. The maximum absolute atomic E-state index is 10.0. The van der Waals surface area contributed by atoms with E-state index in [0.717, 1.165) is 24.3 Å². The summed E-state index contributed by atoms with van der Waals surface area (Å²) in [5, 5.41) is 67.2. The first kappa shape index (κ1) is 15.7. The Morgan fingerprint density at radius 2 is 1.32 bits per heavy atom. The highest BCUT2D eigenvalue weighted by molar-refractivity contribution is 5.49. The third kappa shape index (κ3) is 3.16. The fourth-order valence-electron chi connectivity index (χ4n) is 2.10. The topological polar surface area (TPSA) is 142 Å². The van der Waals surface area contributed by atoms with Crippen molar-refractivity contribution in [2.45, 2.75) is 18.6 Å². The Morgan fingerprint density at radius 1 is 0.727 bits per heavy atom. The van der Waals surface area contributed by atoms with Gasteiger partial charge in [-0.1, -0.05) is 6.07 Å². The molecule has 2 rings (SSSR count). The van der Waals surface area contributed by atoms with Crippen LogP contribution in [0.3, 0.4) is 0 Å². The van der Waals surface area contributed by atoms with Crippen molar-refractivity contribution in [3.8, 4) is 28.7 Å². The Kier molecular flexibility index (Phi) is 4.30. The molecular weight excluding hydrogens is 292 g/mol. The van der Waals surface area contributed by atoms with E-state index in [4.69, 9.17) is 0 Å². The van der Waals surface area contributed by atoms with Crippen LogP contribution in [0.25, 0.3) is 0 Å². The molecule has 22 heavy (non-hydrogen) atoms. The summed E-state index contributed by atoms with van der Waals surface area (Å²) in [5.74, 6) is -1.98. The van der Waals surface area contributed by atoms with Crippen LogP contribution >= 0.6 is 0 Å². The van der Waals surface area contributed by atoms with E-state index in [-0.39, 0.29) is 29.0 Å². The van der Waals surface area contributed by atoms with E-state index in [0.29, 0.717) is 0 Å². The molecule has 2 aromatic carbocycles. The van der Waals surface area contributed by atoms with E-state index in [2.05, 4.69) is 0 Å². The molecule has 2 atom stereocenters. The minimum atomic E-state index is -1.42. The van der Waals surface area contributed by atoms with Gasteiger partial charge in [-0.05, 0) is 17.7 Å². The molecule has 0 spiro atoms. The second-order valence-electron chi connectivity index (χ2n) is 4.93. The van der Waals surface area contributed by atoms with Crippen LogP contribution in [0.5, 0.6) is 28.7 Å². The summed E-state index contributed by atoms with van der Waals surface area (Å²) < 4.78 is 0. The van der Waals surface area contributed by atoms with Gasteiger partial charge >= 0.3 is 0 Å². The van der Waals surface area contributed by atoms with Gasteiger partial charge in [-0.3, -0.25) is 0 Å². The lowest BCUT2D eigenvalue weighted by atomic mass is 9.97. The zero-order chi connectivity index (χ0) is 16.4. The molecule has 7 heteroatoms. The first-order valence-corrected chi connectivity index (χ1v) is 6.41. The van der Waals surface area contributed by atoms with Crippen molar-refractivity contribution in [2.24, 2.45) is 0 Å². The summed E-state index contributed by atoms with van der Waals surface area (Å²) in [6.45, 7) is 0. The lowest BCUT2D eigenvalue weighted by molar-refractivity contribution is 0.0182. The highest BCUT2D eigenvalue weighted by Crippen LogP contribution is 2.35. The van der Waals surface area contributed by atoms with E-state index in [1.165, 1.54) is 6.07 Å². The quantitative estimate of drug-likeness (QED) is 0.415. The zero-order valence-electron chi connectivity index (χ0n) is 11.4. The number of aliphatic hydroxyl groups excluding tert-OH is 2. The van der Waals surface area contributed by atoms with Gasteiger partial charge < -0.3 is 35.7 Å². The van der Waals surface area contributed by atoms with E-state index >= 15 is 0 Å². The Balaban J connectivity index is 2.21. The van der Waals surface area contributed by atoms with Gasteiger partial charge in [0.25, 0.3) is 0 Å². The first-order chi connectivity index (χ1) is 10.3. The number of aliphatic hydroxyl groups is 2. The average molecular weight is 308 g/mol. The predicted octanol–water partition coefficient (Wildman–Crippen LogP) is 0.852. The van der Waals surface area contributed by atoms with Gasteiger partial charge in [0.1, 0.15) is 23.4 Å². The smallest absolute Gasteiger partial charge is 0.157 e. The molecule has 0 aliphatic heterocycles. The molecule has 118 valence electrons. The van der Waals surface area contributed by atoms with Gasteiger partial charge in [0, 0.05) is 24.1 Å². The van der Waals surface area contributed by atoms with Crippen molar-refractivity contribution in [3.05, 3.63) is 41.5 Å². The molecule has 0 amide bonds. The Bertz CT molecular complexity index is 661. The summed E-state index contributed by atoms with van der Waals surface area (Å²) in [6.07, 6.45) is -3.11. The molecule has 7 N–H and O–H groups in total. The van der Waals surface area contributed by atoms with E-state index < -0.39 is 29.5 Å². The van der Waals surface area contributed by atoms with Crippen LogP contribution in [0.1, 0.15) is 17.2 Å². The fraction of sp³-hybridized carbons (Fsp3) is 0.200. The summed E-state index contributed by atoms with van der Waals surface area (Å²) >= 11 is 0. The van der Waals surface area contributed by atoms with E-state index in [1.54, 1.807) is 0 Å². The summed E-state index contributed by atoms with van der Waals surface area (Å²) in [5.41, 5.74) is 0.118. The van der Waals surface area contributed by atoms with E-state index in [9.17, 15) is 35.7 Å². The molecule has 0 fully saturated rings. The minimum absolute atomic E-state index is 0.0349. The van der Waals surface area contributed by atoms with Crippen molar-refractivity contribution in [3.63, 3.8) is 0 Å². The number of rotatable bonds is 4. The fourth-order valence-corrected chi connectivity index (χ4v) is 2.10. The van der Waals surface area contributed by atoms with Gasteiger partial charge in [0.05, 0.1) is 6.10 Å². The van der Waals surface area contributed by atoms with Crippen LogP contribution in [0.15, 0.2) is 30.3 Å². The van der Waals surface area contributed by atoms with Crippen molar-refractivity contribution in [1.29, 1.82) is 0 Å². The highest BCUT2D eigenvalue weighted by atomic mass is 16.3. The van der Waals surface area contributed by atoms with Gasteiger partial charge in [-0.15, -0.1) is 0 Å². The second-order valence-corrected chi connectivity index (χ2v) is 4.93. The first-order valence-electron chi connectivity index (χ1n) is 6.41. The lowest BCUT2D eigenvalue weighted by Crippen LogP contribution is -2.21. The van der Waals surface area contributed by atoms with Crippen LogP contribution < -0.4 is 0 Å². The van der Waals surface area contributed by atoms with Crippen LogP contribution in [0.2, 0.25) is 0 Å². The third-order valence-electron chi connectivity index (χ3n) is 3.31. The van der Waals surface area contributed by atoms with Crippen LogP contribution in [-0.2, 0) is 6.42 Å². The van der Waals surface area contributed by atoms with Crippen molar-refractivity contribution < 1.29 is 35.7 Å². The van der Waals surface area contributed by atoms with Gasteiger partial charge in [-0.2, -0.15) is 0 Å². The monoisotopic (exact) mass is 308 g/mol. The molecule has 0 aromatic heterocycles. The number of aromatic hydroxyl groups is 5. The second kappa shape index (κ2) is 6.00. The van der Waals surface area contributed by atoms with Gasteiger partial charge in [-0.25, -0.2) is 0 Å². The molecule has 2 aromatic rings. The number of hydrogen-bond donors (Lipinski definition) is 7. The van der Waals surface area contributed by atoms with Gasteiger partial charge in [0.15, 0.2) is 11.5 Å². The highest BCUT2D eigenvalue weighted by Gasteiger charge is 2.23. The maximum Gasteiger partial charge on any atom is 0.157 e. The molecule has 0 saturated carbocycles. The van der Waals surface area contributed by atoms with Crippen molar-refractivity contribution >= 4 is 0 Å². The van der Waals surface area contributed by atoms with E-state index in [1.807, 2.05) is 0 Å². The van der Waals surface area contributed by atoms with Crippen LogP contribution in [0, 0.1) is 0 Å².